The first kappa shape index (κ1) is 18.5. The molecule has 0 saturated carbocycles. The second-order valence-electron chi connectivity index (χ2n) is 6.28. The Kier molecular flexibility index (Phi) is 6.33. The highest BCUT2D eigenvalue weighted by molar-refractivity contribution is 7.18. The molecule has 2 aromatic carbocycles. The first-order valence-electron chi connectivity index (χ1n) is 8.50. The fourth-order valence-corrected chi connectivity index (χ4v) is 3.82. The van der Waals surface area contributed by atoms with Crippen LogP contribution in [-0.4, -0.2) is 36.5 Å². The summed E-state index contributed by atoms with van der Waals surface area (Å²) in [7, 11) is 3.61. The summed E-state index contributed by atoms with van der Waals surface area (Å²) in [6, 6.07) is 16.1. The maximum atomic E-state index is 12.2. The number of hydrogen-bond donors (Lipinski definition) is 1. The van der Waals surface area contributed by atoms with Crippen LogP contribution >= 0.6 is 11.3 Å². The number of benzene rings is 2. The Morgan fingerprint density at radius 1 is 1.19 bits per heavy atom. The van der Waals surface area contributed by atoms with Gasteiger partial charge in [-0.2, -0.15) is 0 Å². The minimum atomic E-state index is 0.00533. The van der Waals surface area contributed by atoms with Crippen LogP contribution in [0.5, 0.6) is 0 Å². The SMILES string of the molecule is COCc1cccc(CNC(=O)CN(C)Cc2nc3ccccc3s2)c1. The van der Waals surface area contributed by atoms with E-state index in [2.05, 4.69) is 22.4 Å². The third-order valence-corrected chi connectivity index (χ3v) is 4.97. The minimum Gasteiger partial charge on any atom is -0.380 e. The van der Waals surface area contributed by atoms with E-state index in [1.54, 1.807) is 18.4 Å². The number of amides is 1. The second kappa shape index (κ2) is 8.89. The number of likely N-dealkylation sites (N-methyl/N-ethyl adjacent to an activating group) is 1. The van der Waals surface area contributed by atoms with E-state index in [0.717, 1.165) is 21.7 Å². The molecule has 3 rings (SSSR count). The second-order valence-corrected chi connectivity index (χ2v) is 7.39. The molecule has 136 valence electrons. The van der Waals surface area contributed by atoms with E-state index >= 15 is 0 Å². The largest absolute Gasteiger partial charge is 0.380 e. The van der Waals surface area contributed by atoms with Gasteiger partial charge < -0.3 is 10.1 Å². The third-order valence-electron chi connectivity index (χ3n) is 3.95. The van der Waals surface area contributed by atoms with E-state index in [4.69, 9.17) is 4.74 Å². The van der Waals surface area contributed by atoms with Crippen molar-refractivity contribution in [3.05, 3.63) is 64.7 Å². The van der Waals surface area contributed by atoms with E-state index < -0.39 is 0 Å². The van der Waals surface area contributed by atoms with Crippen LogP contribution in [-0.2, 0) is 29.2 Å². The molecule has 0 spiro atoms. The van der Waals surface area contributed by atoms with Gasteiger partial charge >= 0.3 is 0 Å². The number of fused-ring (bicyclic) bond motifs is 1. The van der Waals surface area contributed by atoms with E-state index in [-0.39, 0.29) is 5.91 Å². The molecule has 0 saturated heterocycles. The average molecular weight is 369 g/mol. The van der Waals surface area contributed by atoms with Gasteiger partial charge in [0.1, 0.15) is 5.01 Å². The first-order valence-corrected chi connectivity index (χ1v) is 9.32. The number of nitrogens with one attached hydrogen (secondary N) is 1. The van der Waals surface area contributed by atoms with E-state index in [1.807, 2.05) is 48.3 Å². The van der Waals surface area contributed by atoms with Crippen molar-refractivity contribution >= 4 is 27.5 Å². The summed E-state index contributed by atoms with van der Waals surface area (Å²) >= 11 is 1.67. The molecule has 1 N–H and O–H groups in total. The number of hydrogen-bond acceptors (Lipinski definition) is 5. The van der Waals surface area contributed by atoms with Gasteiger partial charge in [-0.15, -0.1) is 11.3 Å². The van der Waals surface area contributed by atoms with E-state index in [0.29, 0.717) is 26.2 Å². The Bertz CT molecular complexity index is 845. The van der Waals surface area contributed by atoms with Gasteiger partial charge in [0.25, 0.3) is 0 Å². The number of nitrogens with zero attached hydrogens (tertiary/aromatic N) is 2. The number of thiazole rings is 1. The number of ether oxygens (including phenoxy) is 1. The van der Waals surface area contributed by atoms with Crippen LogP contribution in [0.3, 0.4) is 0 Å². The highest BCUT2D eigenvalue weighted by Gasteiger charge is 2.10. The topological polar surface area (TPSA) is 54.5 Å². The number of rotatable bonds is 8. The van der Waals surface area contributed by atoms with Crippen LogP contribution in [0.15, 0.2) is 48.5 Å². The fraction of sp³-hybridized carbons (Fsp3) is 0.300. The normalized spacial score (nSPS) is 11.2. The molecule has 5 nitrogen and oxygen atoms in total. The standard InChI is InChI=1S/C20H23N3O2S/c1-23(13-20-22-17-8-3-4-9-18(17)26-20)12-19(24)21-11-15-6-5-7-16(10-15)14-25-2/h3-10H,11-14H2,1-2H3,(H,21,24). The number of aromatic nitrogens is 1. The van der Waals surface area contributed by atoms with Crippen LogP contribution in [0.25, 0.3) is 10.2 Å². The quantitative estimate of drug-likeness (QED) is 0.663. The van der Waals surface area contributed by atoms with Gasteiger partial charge in [-0.25, -0.2) is 4.98 Å². The van der Waals surface area contributed by atoms with Crippen LogP contribution in [0, 0.1) is 0 Å². The monoisotopic (exact) mass is 369 g/mol. The molecule has 0 aliphatic rings. The van der Waals surface area contributed by atoms with Crippen molar-refractivity contribution in [1.82, 2.24) is 15.2 Å². The summed E-state index contributed by atoms with van der Waals surface area (Å²) in [5, 5.41) is 4.00. The Labute approximate surface area is 157 Å². The van der Waals surface area contributed by atoms with Gasteiger partial charge in [0.05, 0.1) is 29.9 Å². The molecule has 0 radical (unpaired) electrons. The van der Waals surface area contributed by atoms with Crippen molar-refractivity contribution in [2.45, 2.75) is 19.7 Å². The lowest BCUT2D eigenvalue weighted by molar-refractivity contribution is -0.122. The van der Waals surface area contributed by atoms with Crippen LogP contribution in [0.2, 0.25) is 0 Å². The van der Waals surface area contributed by atoms with Gasteiger partial charge in [-0.3, -0.25) is 9.69 Å². The summed E-state index contributed by atoms with van der Waals surface area (Å²) < 4.78 is 6.32. The summed E-state index contributed by atoms with van der Waals surface area (Å²) in [5.41, 5.74) is 3.19. The highest BCUT2D eigenvalue weighted by Crippen LogP contribution is 2.22. The molecule has 0 atom stereocenters. The number of carbonyl (C=O) groups excluding carboxylic acids is 1. The molecule has 0 aliphatic heterocycles. The zero-order valence-corrected chi connectivity index (χ0v) is 15.9. The predicted octanol–water partition coefficient (Wildman–Crippen LogP) is 3.19. The van der Waals surface area contributed by atoms with Crippen molar-refractivity contribution < 1.29 is 9.53 Å². The summed E-state index contributed by atoms with van der Waals surface area (Å²) in [5.74, 6) is 0.00533. The van der Waals surface area contributed by atoms with Crippen LogP contribution < -0.4 is 5.32 Å². The van der Waals surface area contributed by atoms with Crippen molar-refractivity contribution in [3.63, 3.8) is 0 Å². The Morgan fingerprint density at radius 2 is 2.00 bits per heavy atom. The van der Waals surface area contributed by atoms with Crippen molar-refractivity contribution in [1.29, 1.82) is 0 Å². The van der Waals surface area contributed by atoms with Crippen molar-refractivity contribution in [2.24, 2.45) is 0 Å². The molecule has 0 bridgehead atoms. The Hall–Kier alpha value is -2.28. The average Bonchev–Trinajstić information content (AvgIpc) is 3.02. The lowest BCUT2D eigenvalue weighted by Crippen LogP contribution is -2.34. The van der Waals surface area contributed by atoms with E-state index in [9.17, 15) is 4.79 Å². The lowest BCUT2D eigenvalue weighted by Gasteiger charge is -2.15. The maximum Gasteiger partial charge on any atom is 0.234 e. The fourth-order valence-electron chi connectivity index (χ4n) is 2.77. The molecule has 1 aromatic heterocycles. The molecule has 0 aliphatic carbocycles. The number of para-hydroxylation sites is 1. The molecule has 0 fully saturated rings. The zero-order chi connectivity index (χ0) is 18.4. The summed E-state index contributed by atoms with van der Waals surface area (Å²) in [6.07, 6.45) is 0. The van der Waals surface area contributed by atoms with Gasteiger partial charge in [-0.05, 0) is 30.3 Å². The number of carbonyl (C=O) groups is 1. The smallest absolute Gasteiger partial charge is 0.234 e. The first-order chi connectivity index (χ1) is 12.6. The van der Waals surface area contributed by atoms with Gasteiger partial charge in [0.15, 0.2) is 0 Å². The predicted molar refractivity (Wildman–Crippen MR) is 105 cm³/mol. The summed E-state index contributed by atoms with van der Waals surface area (Å²) in [6.45, 7) is 2.10. The Balaban J connectivity index is 1.48. The van der Waals surface area contributed by atoms with Gasteiger partial charge in [-0.1, -0.05) is 36.4 Å². The van der Waals surface area contributed by atoms with Crippen molar-refractivity contribution in [2.75, 3.05) is 20.7 Å². The van der Waals surface area contributed by atoms with Crippen LogP contribution in [0.4, 0.5) is 0 Å². The molecule has 26 heavy (non-hydrogen) atoms. The van der Waals surface area contributed by atoms with Gasteiger partial charge in [0, 0.05) is 13.7 Å². The van der Waals surface area contributed by atoms with Gasteiger partial charge in [0.2, 0.25) is 5.91 Å². The molecule has 1 amide bonds. The number of methoxy groups -OCH3 is 1. The Morgan fingerprint density at radius 3 is 2.81 bits per heavy atom. The highest BCUT2D eigenvalue weighted by atomic mass is 32.1. The molecular weight excluding hydrogens is 346 g/mol. The summed E-state index contributed by atoms with van der Waals surface area (Å²) in [4.78, 5) is 18.8. The van der Waals surface area contributed by atoms with Crippen LogP contribution in [0.1, 0.15) is 16.1 Å². The minimum absolute atomic E-state index is 0.00533. The lowest BCUT2D eigenvalue weighted by atomic mass is 10.1. The molecule has 6 heteroatoms. The zero-order valence-electron chi connectivity index (χ0n) is 15.1. The molecule has 3 aromatic rings. The molecular formula is C20H23N3O2S. The maximum absolute atomic E-state index is 12.2. The molecule has 1 heterocycles. The third kappa shape index (κ3) is 5.11. The van der Waals surface area contributed by atoms with Crippen molar-refractivity contribution in [3.8, 4) is 0 Å². The van der Waals surface area contributed by atoms with E-state index in [1.165, 1.54) is 4.70 Å². The molecule has 0 unspecified atom stereocenters.